The van der Waals surface area contributed by atoms with E-state index in [0.717, 1.165) is 0 Å². The summed E-state index contributed by atoms with van der Waals surface area (Å²) in [5.41, 5.74) is 0.782. The summed E-state index contributed by atoms with van der Waals surface area (Å²) < 4.78 is 5.35. The van der Waals surface area contributed by atoms with Gasteiger partial charge in [0.05, 0.1) is 0 Å². The highest BCUT2D eigenvalue weighted by Gasteiger charge is 2.22. The third-order valence-electron chi connectivity index (χ3n) is 3.07. The van der Waals surface area contributed by atoms with E-state index < -0.39 is 5.97 Å². The molecular formula is C14H17NO4. The van der Waals surface area contributed by atoms with Crippen LogP contribution in [-0.4, -0.2) is 30.1 Å². The van der Waals surface area contributed by atoms with E-state index in [0.29, 0.717) is 18.0 Å². The van der Waals surface area contributed by atoms with E-state index in [9.17, 15) is 9.59 Å². The molecule has 19 heavy (non-hydrogen) atoms. The molecular weight excluding hydrogens is 246 g/mol. The van der Waals surface area contributed by atoms with E-state index in [2.05, 4.69) is 5.32 Å². The number of hydrogen-bond donors (Lipinski definition) is 2. The van der Waals surface area contributed by atoms with Gasteiger partial charge in [0.2, 0.25) is 0 Å². The van der Waals surface area contributed by atoms with Gasteiger partial charge < -0.3 is 15.2 Å². The number of carbonyl (C=O) groups excluding carboxylic acids is 1. The van der Waals surface area contributed by atoms with Crippen molar-refractivity contribution in [3.8, 4) is 5.75 Å². The van der Waals surface area contributed by atoms with Gasteiger partial charge in [-0.15, -0.1) is 0 Å². The molecule has 1 saturated carbocycles. The van der Waals surface area contributed by atoms with Crippen molar-refractivity contribution in [2.75, 3.05) is 13.2 Å². The molecule has 0 atom stereocenters. The number of aryl methyl sites for hydroxylation is 1. The zero-order chi connectivity index (χ0) is 13.8. The van der Waals surface area contributed by atoms with E-state index in [4.69, 9.17) is 9.84 Å². The van der Waals surface area contributed by atoms with Crippen LogP contribution in [-0.2, 0) is 4.79 Å². The van der Waals surface area contributed by atoms with Crippen molar-refractivity contribution < 1.29 is 19.4 Å². The maximum atomic E-state index is 11.6. The molecule has 1 amide bonds. The van der Waals surface area contributed by atoms with Crippen LogP contribution < -0.4 is 10.1 Å². The highest BCUT2D eigenvalue weighted by Crippen LogP contribution is 2.27. The second kappa shape index (κ2) is 5.73. The second-order valence-electron chi connectivity index (χ2n) is 4.79. The molecule has 1 aliphatic rings. The van der Waals surface area contributed by atoms with E-state index in [1.165, 1.54) is 18.9 Å². The Morgan fingerprint density at radius 1 is 1.42 bits per heavy atom. The summed E-state index contributed by atoms with van der Waals surface area (Å²) in [7, 11) is 0. The molecule has 1 aliphatic carbocycles. The van der Waals surface area contributed by atoms with Crippen molar-refractivity contribution in [3.63, 3.8) is 0 Å². The van der Waals surface area contributed by atoms with Crippen molar-refractivity contribution >= 4 is 11.9 Å². The maximum absolute atomic E-state index is 11.6. The van der Waals surface area contributed by atoms with Gasteiger partial charge in [-0.25, -0.2) is 4.79 Å². The first-order chi connectivity index (χ1) is 9.08. The number of hydrogen-bond acceptors (Lipinski definition) is 3. The molecule has 2 rings (SSSR count). The summed E-state index contributed by atoms with van der Waals surface area (Å²) in [6.07, 6.45) is 2.34. The molecule has 0 radical (unpaired) electrons. The lowest BCUT2D eigenvalue weighted by Gasteiger charge is -2.11. The number of benzene rings is 1. The van der Waals surface area contributed by atoms with Gasteiger partial charge in [0.15, 0.2) is 6.61 Å². The number of carboxylic acid groups (broad SMARTS) is 1. The molecule has 0 bridgehead atoms. The average Bonchev–Trinajstić information content (AvgIpc) is 3.18. The van der Waals surface area contributed by atoms with Crippen LogP contribution in [0.25, 0.3) is 0 Å². The van der Waals surface area contributed by atoms with Gasteiger partial charge in [0, 0.05) is 6.54 Å². The van der Waals surface area contributed by atoms with Crippen molar-refractivity contribution in [1.29, 1.82) is 0 Å². The van der Waals surface area contributed by atoms with Gasteiger partial charge in [0.1, 0.15) is 11.3 Å². The van der Waals surface area contributed by atoms with E-state index in [1.54, 1.807) is 19.1 Å². The van der Waals surface area contributed by atoms with Gasteiger partial charge in [0.25, 0.3) is 5.91 Å². The number of amides is 1. The van der Waals surface area contributed by atoms with E-state index in [-0.39, 0.29) is 23.8 Å². The first-order valence-corrected chi connectivity index (χ1v) is 6.30. The number of nitrogens with one attached hydrogen (secondary N) is 1. The third kappa shape index (κ3) is 3.71. The minimum atomic E-state index is -1.06. The van der Waals surface area contributed by atoms with Crippen LogP contribution in [0.2, 0.25) is 0 Å². The van der Waals surface area contributed by atoms with Crippen molar-refractivity contribution in [1.82, 2.24) is 5.32 Å². The van der Waals surface area contributed by atoms with Crippen molar-refractivity contribution in [2.24, 2.45) is 5.92 Å². The fraction of sp³-hybridized carbons (Fsp3) is 0.429. The molecule has 0 saturated heterocycles. The molecule has 0 unspecified atom stereocenters. The Bertz CT molecular complexity index is 494. The Balaban J connectivity index is 1.94. The molecule has 0 heterocycles. The Morgan fingerprint density at radius 2 is 2.16 bits per heavy atom. The number of ether oxygens (including phenoxy) is 1. The summed E-state index contributed by atoms with van der Waals surface area (Å²) in [6, 6.07) is 4.87. The Kier molecular flexibility index (Phi) is 4.04. The number of rotatable bonds is 6. The number of carbonyl (C=O) groups is 2. The topological polar surface area (TPSA) is 75.6 Å². The summed E-state index contributed by atoms with van der Waals surface area (Å²) in [4.78, 5) is 22.6. The molecule has 102 valence electrons. The summed E-state index contributed by atoms with van der Waals surface area (Å²) in [5.74, 6) is -0.405. The van der Waals surface area contributed by atoms with E-state index >= 15 is 0 Å². The third-order valence-corrected chi connectivity index (χ3v) is 3.07. The minimum Gasteiger partial charge on any atom is -0.483 e. The molecule has 1 aromatic carbocycles. The van der Waals surface area contributed by atoms with Crippen LogP contribution in [0.15, 0.2) is 18.2 Å². The van der Waals surface area contributed by atoms with Gasteiger partial charge in [-0.2, -0.15) is 0 Å². The Hall–Kier alpha value is -2.04. The SMILES string of the molecule is Cc1cccc(C(=O)O)c1OCC(=O)NCC1CC1. The number of aromatic carboxylic acids is 1. The first-order valence-electron chi connectivity index (χ1n) is 6.30. The molecule has 5 heteroatoms. The van der Waals surface area contributed by atoms with Crippen LogP contribution in [0.4, 0.5) is 0 Å². The molecule has 0 aliphatic heterocycles. The number of para-hydroxylation sites is 1. The van der Waals surface area contributed by atoms with Crippen LogP contribution in [0.3, 0.4) is 0 Å². The van der Waals surface area contributed by atoms with Gasteiger partial charge in [-0.3, -0.25) is 4.79 Å². The van der Waals surface area contributed by atoms with Gasteiger partial charge in [-0.1, -0.05) is 12.1 Å². The average molecular weight is 263 g/mol. The molecule has 1 fully saturated rings. The van der Waals surface area contributed by atoms with Crippen LogP contribution in [0.5, 0.6) is 5.75 Å². The smallest absolute Gasteiger partial charge is 0.339 e. The lowest BCUT2D eigenvalue weighted by molar-refractivity contribution is -0.123. The van der Waals surface area contributed by atoms with Crippen LogP contribution >= 0.6 is 0 Å². The second-order valence-corrected chi connectivity index (χ2v) is 4.79. The normalized spacial score (nSPS) is 13.9. The van der Waals surface area contributed by atoms with Crippen LogP contribution in [0, 0.1) is 12.8 Å². The fourth-order valence-corrected chi connectivity index (χ4v) is 1.78. The Labute approximate surface area is 111 Å². The highest BCUT2D eigenvalue weighted by molar-refractivity contribution is 5.91. The Morgan fingerprint density at radius 3 is 2.79 bits per heavy atom. The zero-order valence-electron chi connectivity index (χ0n) is 10.8. The number of carboxylic acids is 1. The van der Waals surface area contributed by atoms with Crippen molar-refractivity contribution in [2.45, 2.75) is 19.8 Å². The molecule has 5 nitrogen and oxygen atoms in total. The summed E-state index contributed by atoms with van der Waals surface area (Å²) in [6.45, 7) is 2.28. The summed E-state index contributed by atoms with van der Waals surface area (Å²) >= 11 is 0. The molecule has 0 spiro atoms. The molecule has 1 aromatic rings. The quantitative estimate of drug-likeness (QED) is 0.817. The monoisotopic (exact) mass is 263 g/mol. The van der Waals surface area contributed by atoms with E-state index in [1.807, 2.05) is 0 Å². The largest absolute Gasteiger partial charge is 0.483 e. The predicted molar refractivity (Wildman–Crippen MR) is 69.4 cm³/mol. The lowest BCUT2D eigenvalue weighted by atomic mass is 10.1. The minimum absolute atomic E-state index is 0.0787. The molecule has 0 aromatic heterocycles. The van der Waals surface area contributed by atoms with Gasteiger partial charge >= 0.3 is 5.97 Å². The highest BCUT2D eigenvalue weighted by atomic mass is 16.5. The molecule has 2 N–H and O–H groups in total. The zero-order valence-corrected chi connectivity index (χ0v) is 10.8. The van der Waals surface area contributed by atoms with Gasteiger partial charge in [-0.05, 0) is 37.3 Å². The first kappa shape index (κ1) is 13.4. The standard InChI is InChI=1S/C14H17NO4/c1-9-3-2-4-11(14(17)18)13(9)19-8-12(16)15-7-10-5-6-10/h2-4,10H,5-8H2,1H3,(H,15,16)(H,17,18). The predicted octanol–water partition coefficient (Wildman–Crippen LogP) is 1.60. The lowest BCUT2D eigenvalue weighted by Crippen LogP contribution is -2.30. The summed E-state index contributed by atoms with van der Waals surface area (Å²) in [5, 5.41) is 11.8. The maximum Gasteiger partial charge on any atom is 0.339 e. The van der Waals surface area contributed by atoms with Crippen LogP contribution in [0.1, 0.15) is 28.8 Å². The fourth-order valence-electron chi connectivity index (χ4n) is 1.78. The van der Waals surface area contributed by atoms with Crippen molar-refractivity contribution in [3.05, 3.63) is 29.3 Å².